The van der Waals surface area contributed by atoms with Crippen molar-refractivity contribution in [2.75, 3.05) is 19.0 Å². The predicted molar refractivity (Wildman–Crippen MR) is 101 cm³/mol. The first-order valence-electron chi connectivity index (χ1n) is 8.41. The molecule has 5 nitrogen and oxygen atoms in total. The van der Waals surface area contributed by atoms with Gasteiger partial charge in [-0.15, -0.1) is 0 Å². The molecule has 1 unspecified atom stereocenters. The third-order valence-electron chi connectivity index (χ3n) is 3.87. The molecule has 0 radical (unpaired) electrons. The van der Waals surface area contributed by atoms with Gasteiger partial charge in [-0.25, -0.2) is 0 Å². The topological polar surface area (TPSA) is 73.8 Å². The molecule has 2 aromatic rings. The lowest BCUT2D eigenvalue weighted by Gasteiger charge is -2.23. The van der Waals surface area contributed by atoms with Crippen molar-refractivity contribution in [3.8, 4) is 11.5 Å². The van der Waals surface area contributed by atoms with Gasteiger partial charge in [-0.2, -0.15) is 0 Å². The van der Waals surface area contributed by atoms with Gasteiger partial charge < -0.3 is 25.6 Å². The van der Waals surface area contributed by atoms with Gasteiger partial charge in [0.05, 0.1) is 18.9 Å². The number of rotatable bonds is 7. The maximum atomic E-state index is 10.4. The SMILES string of the molecule is COc1ccc(CNc2cc(C(O)CNC(C)(C)C)ccc2O)cc1. The molecule has 2 rings (SSSR count). The van der Waals surface area contributed by atoms with E-state index in [2.05, 4.69) is 31.4 Å². The Morgan fingerprint density at radius 3 is 2.36 bits per heavy atom. The van der Waals surface area contributed by atoms with Gasteiger partial charge in [0, 0.05) is 18.6 Å². The van der Waals surface area contributed by atoms with E-state index in [0.717, 1.165) is 16.9 Å². The highest BCUT2D eigenvalue weighted by Crippen LogP contribution is 2.28. The number of nitrogens with one attached hydrogen (secondary N) is 2. The van der Waals surface area contributed by atoms with E-state index in [1.54, 1.807) is 25.3 Å². The molecule has 0 fully saturated rings. The van der Waals surface area contributed by atoms with Crippen LogP contribution in [-0.4, -0.2) is 29.4 Å². The Morgan fingerprint density at radius 2 is 1.76 bits per heavy atom. The van der Waals surface area contributed by atoms with Crippen LogP contribution < -0.4 is 15.4 Å². The zero-order valence-electron chi connectivity index (χ0n) is 15.3. The minimum Gasteiger partial charge on any atom is -0.506 e. The Morgan fingerprint density at radius 1 is 1.08 bits per heavy atom. The molecule has 0 spiro atoms. The van der Waals surface area contributed by atoms with E-state index >= 15 is 0 Å². The molecule has 25 heavy (non-hydrogen) atoms. The average molecular weight is 344 g/mol. The first-order valence-corrected chi connectivity index (χ1v) is 8.41. The van der Waals surface area contributed by atoms with Gasteiger partial charge in [0.15, 0.2) is 0 Å². The number of β-amino-alcohol motifs (C(OH)–C–C–N with tert-alkyl or cyclic N) is 1. The fourth-order valence-electron chi connectivity index (χ4n) is 2.36. The van der Waals surface area contributed by atoms with Crippen molar-refractivity contribution in [3.63, 3.8) is 0 Å². The largest absolute Gasteiger partial charge is 0.506 e. The maximum absolute atomic E-state index is 10.4. The van der Waals surface area contributed by atoms with Crippen LogP contribution in [-0.2, 0) is 6.54 Å². The van der Waals surface area contributed by atoms with E-state index < -0.39 is 6.10 Å². The Kier molecular flexibility index (Phi) is 6.28. The van der Waals surface area contributed by atoms with E-state index in [-0.39, 0.29) is 11.3 Å². The number of benzene rings is 2. The van der Waals surface area contributed by atoms with Crippen LogP contribution in [0.3, 0.4) is 0 Å². The zero-order chi connectivity index (χ0) is 18.4. The number of phenols is 1. The number of aromatic hydroxyl groups is 1. The molecule has 0 heterocycles. The quantitative estimate of drug-likeness (QED) is 0.579. The highest BCUT2D eigenvalue weighted by Gasteiger charge is 2.15. The number of anilines is 1. The summed E-state index contributed by atoms with van der Waals surface area (Å²) in [6, 6.07) is 12.9. The number of hydrogen-bond acceptors (Lipinski definition) is 5. The van der Waals surface area contributed by atoms with Crippen LogP contribution >= 0.6 is 0 Å². The summed E-state index contributed by atoms with van der Waals surface area (Å²) in [5.41, 5.74) is 2.36. The normalized spacial score (nSPS) is 12.7. The summed E-state index contributed by atoms with van der Waals surface area (Å²) < 4.78 is 5.15. The number of aliphatic hydroxyl groups is 1. The number of aliphatic hydroxyl groups excluding tert-OH is 1. The van der Waals surface area contributed by atoms with Gasteiger partial charge in [0.25, 0.3) is 0 Å². The van der Waals surface area contributed by atoms with E-state index in [1.165, 1.54) is 0 Å². The third kappa shape index (κ3) is 5.96. The fourth-order valence-corrected chi connectivity index (χ4v) is 2.36. The number of ether oxygens (including phenoxy) is 1. The lowest BCUT2D eigenvalue weighted by atomic mass is 10.1. The number of phenolic OH excluding ortho intramolecular Hbond substituents is 1. The first kappa shape index (κ1) is 19.1. The number of methoxy groups -OCH3 is 1. The van der Waals surface area contributed by atoms with Crippen molar-refractivity contribution in [2.24, 2.45) is 0 Å². The highest BCUT2D eigenvalue weighted by molar-refractivity contribution is 5.58. The molecule has 2 aromatic carbocycles. The molecule has 0 bridgehead atoms. The van der Waals surface area contributed by atoms with Crippen molar-refractivity contribution >= 4 is 5.69 Å². The molecule has 0 saturated carbocycles. The van der Waals surface area contributed by atoms with E-state index in [9.17, 15) is 10.2 Å². The molecule has 0 amide bonds. The van der Waals surface area contributed by atoms with E-state index in [0.29, 0.717) is 18.8 Å². The van der Waals surface area contributed by atoms with E-state index in [4.69, 9.17) is 4.74 Å². The summed E-state index contributed by atoms with van der Waals surface area (Å²) in [5, 5.41) is 26.9. The van der Waals surface area contributed by atoms with Crippen LogP contribution in [0.1, 0.15) is 38.0 Å². The molecule has 0 aliphatic heterocycles. The standard InChI is InChI=1S/C20H28N2O3/c1-20(2,3)22-13-19(24)15-7-10-18(23)17(11-15)21-12-14-5-8-16(25-4)9-6-14/h5-11,19,21-24H,12-13H2,1-4H3. The predicted octanol–water partition coefficient (Wildman–Crippen LogP) is 3.43. The van der Waals surface area contributed by atoms with Crippen LogP contribution in [0.4, 0.5) is 5.69 Å². The Bertz CT molecular complexity index is 678. The van der Waals surface area contributed by atoms with Gasteiger partial charge in [-0.1, -0.05) is 18.2 Å². The van der Waals surface area contributed by atoms with Crippen molar-refractivity contribution in [3.05, 3.63) is 53.6 Å². The van der Waals surface area contributed by atoms with Gasteiger partial charge in [0.1, 0.15) is 11.5 Å². The Hall–Kier alpha value is -2.24. The molecule has 136 valence electrons. The van der Waals surface area contributed by atoms with Crippen molar-refractivity contribution < 1.29 is 14.9 Å². The van der Waals surface area contributed by atoms with Crippen LogP contribution in [0.15, 0.2) is 42.5 Å². The molecule has 4 N–H and O–H groups in total. The molecule has 5 heteroatoms. The fraction of sp³-hybridized carbons (Fsp3) is 0.400. The monoisotopic (exact) mass is 344 g/mol. The summed E-state index contributed by atoms with van der Waals surface area (Å²) in [5.74, 6) is 0.969. The average Bonchev–Trinajstić information content (AvgIpc) is 2.58. The van der Waals surface area contributed by atoms with Gasteiger partial charge >= 0.3 is 0 Å². The number of hydrogen-bond donors (Lipinski definition) is 4. The van der Waals surface area contributed by atoms with E-state index in [1.807, 2.05) is 24.3 Å². The molecule has 0 aliphatic rings. The second kappa shape index (κ2) is 8.23. The van der Waals surface area contributed by atoms with Crippen LogP contribution in [0, 0.1) is 0 Å². The van der Waals surface area contributed by atoms with Crippen molar-refractivity contribution in [1.82, 2.24) is 5.32 Å². The highest BCUT2D eigenvalue weighted by atomic mass is 16.5. The molecule has 0 saturated heterocycles. The second-order valence-electron chi connectivity index (χ2n) is 7.12. The van der Waals surface area contributed by atoms with Crippen LogP contribution in [0.25, 0.3) is 0 Å². The summed E-state index contributed by atoms with van der Waals surface area (Å²) in [4.78, 5) is 0. The molecule has 1 atom stereocenters. The van der Waals surface area contributed by atoms with Crippen molar-refractivity contribution in [2.45, 2.75) is 39.0 Å². The van der Waals surface area contributed by atoms with Gasteiger partial charge in [-0.05, 0) is 56.2 Å². The molecular weight excluding hydrogens is 316 g/mol. The first-order chi connectivity index (χ1) is 11.8. The van der Waals surface area contributed by atoms with Crippen LogP contribution in [0.2, 0.25) is 0 Å². The zero-order valence-corrected chi connectivity index (χ0v) is 15.3. The van der Waals surface area contributed by atoms with Gasteiger partial charge in [-0.3, -0.25) is 0 Å². The second-order valence-corrected chi connectivity index (χ2v) is 7.12. The molecule has 0 aliphatic carbocycles. The minimum atomic E-state index is -0.638. The summed E-state index contributed by atoms with van der Waals surface area (Å²) in [6.07, 6.45) is -0.638. The lowest BCUT2D eigenvalue weighted by Crippen LogP contribution is -2.38. The maximum Gasteiger partial charge on any atom is 0.138 e. The van der Waals surface area contributed by atoms with Crippen molar-refractivity contribution in [1.29, 1.82) is 0 Å². The lowest BCUT2D eigenvalue weighted by molar-refractivity contribution is 0.163. The summed E-state index contributed by atoms with van der Waals surface area (Å²) in [7, 11) is 1.64. The van der Waals surface area contributed by atoms with Crippen LogP contribution in [0.5, 0.6) is 11.5 Å². The Balaban J connectivity index is 2.02. The smallest absolute Gasteiger partial charge is 0.138 e. The van der Waals surface area contributed by atoms with Gasteiger partial charge in [0.2, 0.25) is 0 Å². The summed E-state index contributed by atoms with van der Waals surface area (Å²) >= 11 is 0. The molecular formula is C20H28N2O3. The molecule has 0 aromatic heterocycles. The Labute approximate surface area is 149 Å². The summed E-state index contributed by atoms with van der Waals surface area (Å²) in [6.45, 7) is 7.18. The minimum absolute atomic E-state index is 0.0622. The third-order valence-corrected chi connectivity index (χ3v) is 3.87.